The molecule has 0 saturated heterocycles. The number of hydrogen-bond donors (Lipinski definition) is 0. The van der Waals surface area contributed by atoms with E-state index in [2.05, 4.69) is 72.6 Å². The highest BCUT2D eigenvalue weighted by Crippen LogP contribution is 2.38. The summed E-state index contributed by atoms with van der Waals surface area (Å²) in [4.78, 5) is 9.42. The van der Waals surface area contributed by atoms with Crippen LogP contribution in [0.3, 0.4) is 0 Å². The van der Waals surface area contributed by atoms with E-state index < -0.39 is 0 Å². The van der Waals surface area contributed by atoms with Gasteiger partial charge in [-0.15, -0.1) is 11.3 Å². The van der Waals surface area contributed by atoms with E-state index in [0.717, 1.165) is 23.5 Å². The quantitative estimate of drug-likeness (QED) is 0.422. The summed E-state index contributed by atoms with van der Waals surface area (Å²) in [5, 5.41) is 2.27. The van der Waals surface area contributed by atoms with Crippen LogP contribution in [0.1, 0.15) is 48.0 Å². The van der Waals surface area contributed by atoms with Crippen molar-refractivity contribution < 1.29 is 4.57 Å². The Bertz CT molecular complexity index is 1210. The van der Waals surface area contributed by atoms with Gasteiger partial charge in [-0.2, -0.15) is 0 Å². The molecule has 0 aliphatic carbocycles. The Balaban J connectivity index is 1.74. The maximum atomic E-state index is 4.74. The van der Waals surface area contributed by atoms with Gasteiger partial charge in [-0.3, -0.25) is 0 Å². The molecule has 136 valence electrons. The van der Waals surface area contributed by atoms with Gasteiger partial charge in [0.25, 0.3) is 6.33 Å². The summed E-state index contributed by atoms with van der Waals surface area (Å²) in [6.45, 7) is 8.74. The average molecular weight is 376 g/mol. The van der Waals surface area contributed by atoms with Crippen molar-refractivity contribution in [2.75, 3.05) is 0 Å². The molecule has 0 unspecified atom stereocenters. The summed E-state index contributed by atoms with van der Waals surface area (Å²) in [5.74, 6) is 1.62. The SMILES string of the molecule is Cc1cn2c(n1)Cc1cc(-c3c4scc(C(C)C)c4nc[n+]3C)c(C)cc1-2. The molecule has 0 bridgehead atoms. The molecule has 0 atom stereocenters. The van der Waals surface area contributed by atoms with Gasteiger partial charge < -0.3 is 4.57 Å². The number of aromatic nitrogens is 4. The topological polar surface area (TPSA) is 34.6 Å². The molecule has 4 aromatic rings. The highest BCUT2D eigenvalue weighted by Gasteiger charge is 2.26. The minimum Gasteiger partial charge on any atom is -0.303 e. The van der Waals surface area contributed by atoms with Gasteiger partial charge in [-0.1, -0.05) is 13.8 Å². The third kappa shape index (κ3) is 2.38. The van der Waals surface area contributed by atoms with Crippen molar-refractivity contribution in [3.8, 4) is 16.9 Å². The Morgan fingerprint density at radius 1 is 1.22 bits per heavy atom. The highest BCUT2D eigenvalue weighted by atomic mass is 32.1. The Hall–Kier alpha value is -2.53. The summed E-state index contributed by atoms with van der Waals surface area (Å²) >= 11 is 1.81. The van der Waals surface area contributed by atoms with E-state index in [1.807, 2.05) is 17.7 Å². The summed E-state index contributed by atoms with van der Waals surface area (Å²) in [5.41, 5.74) is 10.0. The molecule has 1 aromatic carbocycles. The molecule has 4 heterocycles. The first kappa shape index (κ1) is 16.6. The molecule has 3 aromatic heterocycles. The number of fused-ring (bicyclic) bond motifs is 4. The lowest BCUT2D eigenvalue weighted by molar-refractivity contribution is -0.662. The van der Waals surface area contributed by atoms with Crippen molar-refractivity contribution in [2.45, 2.75) is 40.0 Å². The van der Waals surface area contributed by atoms with Crippen LogP contribution in [0.2, 0.25) is 0 Å². The number of aryl methyl sites for hydroxylation is 3. The molecule has 0 amide bonds. The molecular formula is C22H23N4S+. The Labute approximate surface area is 163 Å². The molecule has 4 nitrogen and oxygen atoms in total. The molecule has 1 aliphatic rings. The number of thiophene rings is 1. The standard InChI is InChI=1S/C22H23N4S/c1-12(2)17-10-27-22-20(17)23-11-25(5)21(22)16-7-15-8-19-24-14(4)9-26(19)18(15)6-13(16)3/h6-7,9-12H,8H2,1-5H3/q+1. The molecule has 0 fully saturated rings. The van der Waals surface area contributed by atoms with Crippen LogP contribution in [0.4, 0.5) is 0 Å². The minimum absolute atomic E-state index is 0.480. The second kappa shape index (κ2) is 5.73. The number of hydrogen-bond acceptors (Lipinski definition) is 3. The van der Waals surface area contributed by atoms with E-state index in [-0.39, 0.29) is 0 Å². The lowest BCUT2D eigenvalue weighted by Gasteiger charge is -2.11. The minimum atomic E-state index is 0.480. The first-order valence-electron chi connectivity index (χ1n) is 9.39. The van der Waals surface area contributed by atoms with Crippen LogP contribution in [-0.2, 0) is 13.5 Å². The number of benzene rings is 1. The van der Waals surface area contributed by atoms with Crippen molar-refractivity contribution in [1.29, 1.82) is 0 Å². The maximum absolute atomic E-state index is 4.74. The molecule has 27 heavy (non-hydrogen) atoms. The van der Waals surface area contributed by atoms with Crippen LogP contribution in [0.25, 0.3) is 27.2 Å². The van der Waals surface area contributed by atoms with Crippen LogP contribution < -0.4 is 4.57 Å². The number of imidazole rings is 1. The molecule has 0 saturated carbocycles. The summed E-state index contributed by atoms with van der Waals surface area (Å²) in [7, 11) is 2.09. The molecule has 1 aliphatic heterocycles. The Morgan fingerprint density at radius 3 is 2.81 bits per heavy atom. The lowest BCUT2D eigenvalue weighted by Crippen LogP contribution is -2.31. The Kier molecular flexibility index (Phi) is 3.53. The van der Waals surface area contributed by atoms with Gasteiger partial charge in [0.15, 0.2) is 5.69 Å². The van der Waals surface area contributed by atoms with Crippen molar-refractivity contribution >= 4 is 21.6 Å². The smallest absolute Gasteiger partial charge is 0.287 e. The van der Waals surface area contributed by atoms with Crippen LogP contribution in [-0.4, -0.2) is 14.5 Å². The fraction of sp³-hybridized carbons (Fsp3) is 0.318. The third-order valence-corrected chi connectivity index (χ3v) is 6.52. The summed E-state index contributed by atoms with van der Waals surface area (Å²) < 4.78 is 5.68. The van der Waals surface area contributed by atoms with E-state index in [9.17, 15) is 0 Å². The van der Waals surface area contributed by atoms with Crippen molar-refractivity contribution in [2.24, 2.45) is 7.05 Å². The summed E-state index contributed by atoms with van der Waals surface area (Å²) in [6, 6.07) is 4.67. The van der Waals surface area contributed by atoms with E-state index in [0.29, 0.717) is 5.92 Å². The van der Waals surface area contributed by atoms with Crippen molar-refractivity contribution in [1.82, 2.24) is 14.5 Å². The summed E-state index contributed by atoms with van der Waals surface area (Å²) in [6.07, 6.45) is 4.99. The van der Waals surface area contributed by atoms with E-state index >= 15 is 0 Å². The zero-order chi connectivity index (χ0) is 18.9. The first-order valence-corrected chi connectivity index (χ1v) is 10.3. The second-order valence-corrected chi connectivity index (χ2v) is 8.75. The lowest BCUT2D eigenvalue weighted by atomic mass is 9.98. The normalized spacial score (nSPS) is 12.8. The molecular weight excluding hydrogens is 352 g/mol. The van der Waals surface area contributed by atoms with Crippen molar-refractivity contribution in [3.05, 3.63) is 58.2 Å². The third-order valence-electron chi connectivity index (χ3n) is 5.53. The van der Waals surface area contributed by atoms with Gasteiger partial charge in [0, 0.05) is 23.7 Å². The molecule has 5 heteroatoms. The van der Waals surface area contributed by atoms with Crippen LogP contribution in [0.5, 0.6) is 0 Å². The monoisotopic (exact) mass is 375 g/mol. The van der Waals surface area contributed by atoms with Gasteiger partial charge in [0.2, 0.25) is 5.52 Å². The van der Waals surface area contributed by atoms with Crippen molar-refractivity contribution in [3.63, 3.8) is 0 Å². The first-order chi connectivity index (χ1) is 12.9. The molecule has 5 rings (SSSR count). The number of rotatable bonds is 2. The Morgan fingerprint density at radius 2 is 2.04 bits per heavy atom. The molecule has 0 radical (unpaired) electrons. The fourth-order valence-electron chi connectivity index (χ4n) is 4.16. The van der Waals surface area contributed by atoms with Gasteiger partial charge >= 0.3 is 0 Å². The van der Waals surface area contributed by atoms with Crippen LogP contribution >= 0.6 is 11.3 Å². The van der Waals surface area contributed by atoms with E-state index in [4.69, 9.17) is 4.98 Å². The fourth-order valence-corrected chi connectivity index (χ4v) is 5.44. The van der Waals surface area contributed by atoms with Gasteiger partial charge in [0.1, 0.15) is 10.5 Å². The number of nitrogens with zero attached hydrogens (tertiary/aromatic N) is 4. The molecule has 0 spiro atoms. The van der Waals surface area contributed by atoms with E-state index in [1.54, 1.807) is 0 Å². The van der Waals surface area contributed by atoms with Gasteiger partial charge in [0.05, 0.1) is 18.4 Å². The second-order valence-electron chi connectivity index (χ2n) is 7.87. The largest absolute Gasteiger partial charge is 0.303 e. The zero-order valence-electron chi connectivity index (χ0n) is 16.4. The van der Waals surface area contributed by atoms with Gasteiger partial charge in [-0.05, 0) is 53.4 Å². The van der Waals surface area contributed by atoms with Gasteiger partial charge in [-0.25, -0.2) is 9.55 Å². The highest BCUT2D eigenvalue weighted by molar-refractivity contribution is 7.17. The van der Waals surface area contributed by atoms with Crippen LogP contribution in [0, 0.1) is 13.8 Å². The molecule has 0 N–H and O–H groups in total. The zero-order valence-corrected chi connectivity index (χ0v) is 17.2. The predicted molar refractivity (Wildman–Crippen MR) is 110 cm³/mol. The predicted octanol–water partition coefficient (Wildman–Crippen LogP) is 4.62. The van der Waals surface area contributed by atoms with Crippen LogP contribution in [0.15, 0.2) is 30.0 Å². The average Bonchev–Trinajstić information content (AvgIpc) is 3.27. The van der Waals surface area contributed by atoms with E-state index in [1.165, 1.54) is 38.3 Å². The maximum Gasteiger partial charge on any atom is 0.287 e.